The van der Waals surface area contributed by atoms with Crippen LogP contribution in [-0.4, -0.2) is 114 Å². The summed E-state index contributed by atoms with van der Waals surface area (Å²) in [5, 5.41) is 75.4. The maximum Gasteiger partial charge on any atom is 0.187 e. The van der Waals surface area contributed by atoms with Crippen LogP contribution in [0.15, 0.2) is 11.6 Å². The zero-order chi connectivity index (χ0) is 34.9. The molecule has 2 aliphatic heterocycles. The van der Waals surface area contributed by atoms with Crippen molar-refractivity contribution in [3.05, 3.63) is 11.6 Å². The molecule has 11 heteroatoms. The molecule has 4 aliphatic carbocycles. The average Bonchev–Trinajstić information content (AvgIpc) is 3.47. The van der Waals surface area contributed by atoms with Crippen LogP contribution in [0.4, 0.5) is 0 Å². The lowest BCUT2D eigenvalue weighted by Crippen LogP contribution is -2.66. The highest BCUT2D eigenvalue weighted by molar-refractivity contribution is 5.88. The van der Waals surface area contributed by atoms with Gasteiger partial charge in [-0.2, -0.15) is 0 Å². The highest BCUT2D eigenvalue weighted by Gasteiger charge is 2.75. The molecule has 2 saturated heterocycles. The van der Waals surface area contributed by atoms with Gasteiger partial charge in [0.1, 0.15) is 30.2 Å². The van der Waals surface area contributed by atoms with Crippen LogP contribution >= 0.6 is 0 Å². The summed E-state index contributed by atoms with van der Waals surface area (Å²) in [5.74, 6) is -0.629. The monoisotopic (exact) mass is 666 g/mol. The van der Waals surface area contributed by atoms with Gasteiger partial charge in [0.25, 0.3) is 0 Å². The maximum atomic E-state index is 14.8. The minimum atomic E-state index is -1.62. The van der Waals surface area contributed by atoms with Crippen LogP contribution in [0.5, 0.6) is 0 Å². The van der Waals surface area contributed by atoms with Crippen molar-refractivity contribution in [1.29, 1.82) is 0 Å². The van der Waals surface area contributed by atoms with E-state index in [1.807, 2.05) is 27.7 Å². The third-order valence-corrected chi connectivity index (χ3v) is 14.5. The lowest BCUT2D eigenvalue weighted by atomic mass is 9.38. The molecule has 0 aromatic heterocycles. The van der Waals surface area contributed by atoms with Crippen LogP contribution in [0, 0.1) is 39.4 Å². The van der Waals surface area contributed by atoms with Crippen LogP contribution in [-0.2, 0) is 19.0 Å². The van der Waals surface area contributed by atoms with Crippen molar-refractivity contribution in [3.63, 3.8) is 0 Å². The second-order valence-corrected chi connectivity index (χ2v) is 17.9. The second-order valence-electron chi connectivity index (χ2n) is 17.9. The molecule has 5 fully saturated rings. The number of allylic oxidation sites excluding steroid dienone is 1. The summed E-state index contributed by atoms with van der Waals surface area (Å²) < 4.78 is 18.5. The summed E-state index contributed by atoms with van der Waals surface area (Å²) in [6.07, 6.45) is -5.09. The number of carbonyl (C=O) groups excluding carboxylic acids is 1. The Morgan fingerprint density at radius 1 is 0.979 bits per heavy atom. The number of rotatable bonds is 5. The first-order valence-electron chi connectivity index (χ1n) is 17.5. The zero-order valence-corrected chi connectivity index (χ0v) is 29.2. The highest BCUT2D eigenvalue weighted by atomic mass is 16.7. The molecular formula is C36H58O11. The Kier molecular flexibility index (Phi) is 8.58. The van der Waals surface area contributed by atoms with Gasteiger partial charge >= 0.3 is 0 Å². The van der Waals surface area contributed by atoms with Crippen LogP contribution in [0.25, 0.3) is 0 Å². The molecule has 268 valence electrons. The molecule has 3 saturated carbocycles. The fourth-order valence-corrected chi connectivity index (χ4v) is 11.7. The number of Topliss-reactive ketones (excluding diaryl/α,β-unsaturated/α-hetero) is 1. The molecule has 7 N–H and O–H groups in total. The van der Waals surface area contributed by atoms with Gasteiger partial charge in [0.15, 0.2) is 6.29 Å². The Morgan fingerprint density at radius 3 is 2.23 bits per heavy atom. The smallest absolute Gasteiger partial charge is 0.187 e. The van der Waals surface area contributed by atoms with Crippen LogP contribution < -0.4 is 0 Å². The molecule has 11 nitrogen and oxygen atoms in total. The van der Waals surface area contributed by atoms with Gasteiger partial charge in [0.05, 0.1) is 42.2 Å². The van der Waals surface area contributed by atoms with Gasteiger partial charge in [-0.1, -0.05) is 46.3 Å². The van der Waals surface area contributed by atoms with Crippen molar-refractivity contribution in [3.8, 4) is 0 Å². The van der Waals surface area contributed by atoms with Crippen LogP contribution in [0.2, 0.25) is 0 Å². The number of fused-ring (bicyclic) bond motifs is 5. The number of ether oxygens (including phenoxy) is 3. The molecule has 0 aromatic rings. The normalized spacial score (nSPS) is 54.4. The van der Waals surface area contributed by atoms with E-state index in [1.54, 1.807) is 13.8 Å². The van der Waals surface area contributed by atoms with E-state index in [1.165, 1.54) is 0 Å². The Balaban J connectivity index is 1.34. The van der Waals surface area contributed by atoms with Crippen LogP contribution in [0.3, 0.4) is 0 Å². The summed E-state index contributed by atoms with van der Waals surface area (Å²) >= 11 is 0. The Labute approximate surface area is 278 Å². The van der Waals surface area contributed by atoms with E-state index in [-0.39, 0.29) is 42.5 Å². The van der Waals surface area contributed by atoms with Gasteiger partial charge in [-0.05, 0) is 75.5 Å². The quantitative estimate of drug-likeness (QED) is 0.211. The topological polar surface area (TPSA) is 186 Å². The number of aliphatic hydroxyl groups excluding tert-OH is 6. The molecule has 16 unspecified atom stereocenters. The maximum absolute atomic E-state index is 14.8. The van der Waals surface area contributed by atoms with E-state index in [4.69, 9.17) is 14.2 Å². The van der Waals surface area contributed by atoms with Gasteiger partial charge < -0.3 is 50.0 Å². The molecule has 6 rings (SSSR count). The average molecular weight is 667 g/mol. The molecule has 6 aliphatic rings. The van der Waals surface area contributed by atoms with Gasteiger partial charge in [-0.25, -0.2) is 0 Å². The van der Waals surface area contributed by atoms with Gasteiger partial charge in [0, 0.05) is 23.2 Å². The largest absolute Gasteiger partial charge is 0.394 e. The zero-order valence-electron chi connectivity index (χ0n) is 29.2. The van der Waals surface area contributed by atoms with E-state index < -0.39 is 88.5 Å². The van der Waals surface area contributed by atoms with Crippen LogP contribution in [0.1, 0.15) is 93.9 Å². The molecule has 0 radical (unpaired) electrons. The van der Waals surface area contributed by atoms with Crippen molar-refractivity contribution in [2.24, 2.45) is 39.4 Å². The third kappa shape index (κ3) is 4.93. The molecule has 0 aromatic carbocycles. The van der Waals surface area contributed by atoms with E-state index in [0.717, 1.165) is 5.57 Å². The molecule has 0 amide bonds. The van der Waals surface area contributed by atoms with Gasteiger partial charge in [0.2, 0.25) is 0 Å². The third-order valence-electron chi connectivity index (χ3n) is 14.5. The number of hydrogen-bond acceptors (Lipinski definition) is 11. The second kappa shape index (κ2) is 11.3. The first kappa shape index (κ1) is 35.8. The minimum Gasteiger partial charge on any atom is -0.394 e. The number of aliphatic hydroxyl groups is 7. The molecular weight excluding hydrogens is 608 g/mol. The van der Waals surface area contributed by atoms with E-state index >= 15 is 0 Å². The number of ketones is 1. The summed E-state index contributed by atoms with van der Waals surface area (Å²) in [5.41, 5.74) is -3.38. The Bertz CT molecular complexity index is 1280. The lowest BCUT2D eigenvalue weighted by molar-refractivity contribution is -0.323. The van der Waals surface area contributed by atoms with Gasteiger partial charge in [-0.15, -0.1) is 0 Å². The van der Waals surface area contributed by atoms with Crippen molar-refractivity contribution >= 4 is 5.78 Å². The van der Waals surface area contributed by atoms with E-state index in [9.17, 15) is 40.5 Å². The predicted molar refractivity (Wildman–Crippen MR) is 170 cm³/mol. The van der Waals surface area contributed by atoms with Gasteiger partial charge in [-0.3, -0.25) is 4.79 Å². The Hall–Kier alpha value is -0.990. The van der Waals surface area contributed by atoms with Crippen molar-refractivity contribution in [2.45, 2.75) is 160 Å². The lowest BCUT2D eigenvalue weighted by Gasteiger charge is -2.65. The summed E-state index contributed by atoms with van der Waals surface area (Å²) in [4.78, 5) is 14.8. The molecule has 0 spiro atoms. The number of carbonyl (C=O) groups is 1. The van der Waals surface area contributed by atoms with E-state index in [0.29, 0.717) is 25.7 Å². The fourth-order valence-electron chi connectivity index (χ4n) is 11.7. The number of hydrogen-bond donors (Lipinski definition) is 7. The molecule has 0 bridgehead atoms. The standard InChI is InChI=1S/C36H58O11/c1-31(2)17-9-10-22-33(5)14-19(38)28(35(7)12-11-24(47-35)32(3,4)44)34(33,6)15-23(39)36(22,8)18(17)13-20(29(31)43)45-30-27(42)26(41)25(40)21(16-37)46-30/h9,18-22,24-30,37-38,40-44H,10-16H2,1-8H3. The van der Waals surface area contributed by atoms with Crippen molar-refractivity contribution in [1.82, 2.24) is 0 Å². The van der Waals surface area contributed by atoms with Crippen molar-refractivity contribution < 1.29 is 54.8 Å². The first-order chi connectivity index (χ1) is 21.6. The molecule has 47 heavy (non-hydrogen) atoms. The minimum absolute atomic E-state index is 0.108. The SMILES string of the molecule is CC(C)(O)C1CCC(C)(C2C(O)CC3(C)C4CC=C5C(CC(OC6OC(CO)C(O)C(O)C6O)C(O)C5(C)C)C4(C)C(=O)CC23C)O1. The predicted octanol–water partition coefficient (Wildman–Crippen LogP) is 1.61. The first-order valence-corrected chi connectivity index (χ1v) is 17.5. The summed E-state index contributed by atoms with van der Waals surface area (Å²) in [6, 6.07) is 0. The fraction of sp³-hybridized carbons (Fsp3) is 0.917. The molecule has 16 atom stereocenters. The highest BCUT2D eigenvalue weighted by Crippen LogP contribution is 2.75. The summed E-state index contributed by atoms with van der Waals surface area (Å²) in [6.45, 7) is 15.2. The summed E-state index contributed by atoms with van der Waals surface area (Å²) in [7, 11) is 0. The van der Waals surface area contributed by atoms with E-state index in [2.05, 4.69) is 19.9 Å². The Morgan fingerprint density at radius 2 is 1.64 bits per heavy atom. The van der Waals surface area contributed by atoms with Crippen molar-refractivity contribution in [2.75, 3.05) is 6.61 Å². The molecule has 2 heterocycles.